The lowest BCUT2D eigenvalue weighted by Gasteiger charge is -2.10. The van der Waals surface area contributed by atoms with Crippen LogP contribution in [-0.4, -0.2) is 31.5 Å². The molecule has 0 spiro atoms. The molecule has 0 radical (unpaired) electrons. The van der Waals surface area contributed by atoms with E-state index in [0.29, 0.717) is 11.6 Å². The normalized spacial score (nSPS) is 10.1. The summed E-state index contributed by atoms with van der Waals surface area (Å²) in [6.45, 7) is 5.68. The number of hydrogen-bond acceptors (Lipinski definition) is 2. The molecule has 0 fully saturated rings. The molecule has 5 nitrogen and oxygen atoms in total. The molecule has 6 heteroatoms. The smallest absolute Gasteiger partial charge is 0.246 e. The van der Waals surface area contributed by atoms with Gasteiger partial charge in [0.1, 0.15) is 6.54 Å². The van der Waals surface area contributed by atoms with Gasteiger partial charge in [-0.05, 0) is 31.5 Å². The van der Waals surface area contributed by atoms with E-state index in [9.17, 15) is 4.79 Å². The summed E-state index contributed by atoms with van der Waals surface area (Å²) in [5.74, 6) is 2.99. The number of carbonyl (C=O) groups excluding carboxylic acids is 1. The van der Waals surface area contributed by atoms with Crippen LogP contribution in [0.1, 0.15) is 25.8 Å². The minimum atomic E-state index is -0.183. The van der Waals surface area contributed by atoms with Crippen LogP contribution in [0.3, 0.4) is 0 Å². The number of nitrogens with zero attached hydrogens (tertiary/aromatic N) is 1. The molecule has 0 unspecified atom stereocenters. The van der Waals surface area contributed by atoms with Crippen LogP contribution in [0.5, 0.6) is 0 Å². The minimum absolute atomic E-state index is 0. The number of nitrogens with one attached hydrogen (secondary N) is 3. The Morgan fingerprint density at radius 2 is 2.09 bits per heavy atom. The molecule has 0 aliphatic carbocycles. The van der Waals surface area contributed by atoms with Crippen LogP contribution in [-0.2, 0) is 4.79 Å². The van der Waals surface area contributed by atoms with Gasteiger partial charge in [0.15, 0.2) is 5.96 Å². The van der Waals surface area contributed by atoms with E-state index < -0.39 is 0 Å². The molecule has 1 aromatic rings. The van der Waals surface area contributed by atoms with Gasteiger partial charge in [0.25, 0.3) is 0 Å². The van der Waals surface area contributed by atoms with E-state index in [1.54, 1.807) is 18.2 Å². The summed E-state index contributed by atoms with van der Waals surface area (Å²) in [5.41, 5.74) is 1.41. The first-order valence-corrected chi connectivity index (χ1v) is 7.08. The summed E-state index contributed by atoms with van der Waals surface area (Å²) in [4.78, 5) is 16.1. The molecule has 1 amide bonds. The predicted molar refractivity (Wildman–Crippen MR) is 103 cm³/mol. The van der Waals surface area contributed by atoms with Gasteiger partial charge in [-0.2, -0.15) is 0 Å². The quantitative estimate of drug-likeness (QED) is 0.290. The Hall–Kier alpha value is -1.75. The number of guanidine groups is 1. The average Bonchev–Trinajstić information content (AvgIpc) is 2.50. The third kappa shape index (κ3) is 7.88. The van der Waals surface area contributed by atoms with Gasteiger partial charge in [0.05, 0.1) is 0 Å². The van der Waals surface area contributed by atoms with Crippen molar-refractivity contribution in [3.05, 3.63) is 29.8 Å². The zero-order valence-corrected chi connectivity index (χ0v) is 15.3. The van der Waals surface area contributed by atoms with Crippen LogP contribution in [0.25, 0.3) is 0 Å². The van der Waals surface area contributed by atoms with Gasteiger partial charge in [-0.1, -0.05) is 18.9 Å². The van der Waals surface area contributed by atoms with E-state index in [0.717, 1.165) is 25.1 Å². The summed E-state index contributed by atoms with van der Waals surface area (Å²) < 4.78 is 0. The lowest BCUT2D eigenvalue weighted by Crippen LogP contribution is -2.38. The molecular weight excluding hydrogens is 391 g/mol. The molecule has 120 valence electrons. The SMILES string of the molecule is C#Cc1cccc(NC(=O)CN=C(NCC)NCCC)c1.I. The Morgan fingerprint density at radius 3 is 2.73 bits per heavy atom. The molecule has 1 rings (SSSR count). The molecule has 0 aliphatic rings. The Balaban J connectivity index is 0.00000441. The van der Waals surface area contributed by atoms with Gasteiger partial charge in [-0.25, -0.2) is 4.99 Å². The lowest BCUT2D eigenvalue weighted by atomic mass is 10.2. The molecular formula is C16H23IN4O. The van der Waals surface area contributed by atoms with Crippen LogP contribution >= 0.6 is 24.0 Å². The summed E-state index contributed by atoms with van der Waals surface area (Å²) in [6, 6.07) is 7.16. The van der Waals surface area contributed by atoms with E-state index in [2.05, 4.69) is 33.8 Å². The van der Waals surface area contributed by atoms with Crippen LogP contribution in [0, 0.1) is 12.3 Å². The number of terminal acetylenes is 1. The van der Waals surface area contributed by atoms with Crippen LogP contribution in [0.2, 0.25) is 0 Å². The molecule has 22 heavy (non-hydrogen) atoms. The zero-order valence-electron chi connectivity index (χ0n) is 13.0. The second-order valence-electron chi connectivity index (χ2n) is 4.40. The van der Waals surface area contributed by atoms with Crippen molar-refractivity contribution in [2.75, 3.05) is 25.0 Å². The van der Waals surface area contributed by atoms with Crippen molar-refractivity contribution in [1.82, 2.24) is 10.6 Å². The summed E-state index contributed by atoms with van der Waals surface area (Å²) in [7, 11) is 0. The topological polar surface area (TPSA) is 65.5 Å². The highest BCUT2D eigenvalue weighted by Crippen LogP contribution is 2.09. The fourth-order valence-electron chi connectivity index (χ4n) is 1.62. The first kappa shape index (κ1) is 20.2. The van der Waals surface area contributed by atoms with Crippen molar-refractivity contribution >= 4 is 41.5 Å². The molecule has 0 atom stereocenters. The fraction of sp³-hybridized carbons (Fsp3) is 0.375. The van der Waals surface area contributed by atoms with Gasteiger partial charge in [0.2, 0.25) is 5.91 Å². The van der Waals surface area contributed by atoms with Crippen molar-refractivity contribution in [3.8, 4) is 12.3 Å². The van der Waals surface area contributed by atoms with Crippen LogP contribution in [0.4, 0.5) is 5.69 Å². The lowest BCUT2D eigenvalue weighted by molar-refractivity contribution is -0.114. The molecule has 0 saturated carbocycles. The van der Waals surface area contributed by atoms with Crippen molar-refractivity contribution in [2.24, 2.45) is 4.99 Å². The zero-order chi connectivity index (χ0) is 15.5. The highest BCUT2D eigenvalue weighted by atomic mass is 127. The van der Waals surface area contributed by atoms with Gasteiger partial charge in [0, 0.05) is 24.3 Å². The highest BCUT2D eigenvalue weighted by molar-refractivity contribution is 14.0. The van der Waals surface area contributed by atoms with Crippen LogP contribution in [0.15, 0.2) is 29.3 Å². The second kappa shape index (κ2) is 11.9. The fourth-order valence-corrected chi connectivity index (χ4v) is 1.62. The molecule has 0 aliphatic heterocycles. The van der Waals surface area contributed by atoms with E-state index in [1.807, 2.05) is 13.0 Å². The molecule has 3 N–H and O–H groups in total. The third-order valence-corrected chi connectivity index (χ3v) is 2.58. The van der Waals surface area contributed by atoms with E-state index >= 15 is 0 Å². The monoisotopic (exact) mass is 414 g/mol. The minimum Gasteiger partial charge on any atom is -0.357 e. The Morgan fingerprint density at radius 1 is 1.32 bits per heavy atom. The first-order chi connectivity index (χ1) is 10.2. The Kier molecular flexibility index (Phi) is 10.9. The van der Waals surface area contributed by atoms with Gasteiger partial charge >= 0.3 is 0 Å². The number of carbonyl (C=O) groups is 1. The van der Waals surface area contributed by atoms with E-state index in [4.69, 9.17) is 6.42 Å². The number of benzene rings is 1. The average molecular weight is 414 g/mol. The van der Waals surface area contributed by atoms with E-state index in [-0.39, 0.29) is 36.4 Å². The highest BCUT2D eigenvalue weighted by Gasteiger charge is 2.03. The Labute approximate surface area is 149 Å². The maximum absolute atomic E-state index is 11.9. The first-order valence-electron chi connectivity index (χ1n) is 7.08. The number of halogens is 1. The number of rotatable bonds is 6. The molecule has 0 aromatic heterocycles. The summed E-state index contributed by atoms with van der Waals surface area (Å²) in [6.07, 6.45) is 6.32. The van der Waals surface area contributed by atoms with Crippen molar-refractivity contribution in [2.45, 2.75) is 20.3 Å². The maximum atomic E-state index is 11.9. The molecule has 0 saturated heterocycles. The summed E-state index contributed by atoms with van der Waals surface area (Å²) >= 11 is 0. The van der Waals surface area contributed by atoms with Crippen LogP contribution < -0.4 is 16.0 Å². The van der Waals surface area contributed by atoms with E-state index in [1.165, 1.54) is 0 Å². The number of anilines is 1. The molecule has 1 aromatic carbocycles. The third-order valence-electron chi connectivity index (χ3n) is 2.58. The molecule has 0 heterocycles. The number of amides is 1. The second-order valence-corrected chi connectivity index (χ2v) is 4.40. The Bertz CT molecular complexity index is 537. The number of hydrogen-bond donors (Lipinski definition) is 3. The molecule has 0 bridgehead atoms. The largest absolute Gasteiger partial charge is 0.357 e. The summed E-state index contributed by atoms with van der Waals surface area (Å²) in [5, 5.41) is 9.00. The predicted octanol–water partition coefficient (Wildman–Crippen LogP) is 2.19. The van der Waals surface area contributed by atoms with Gasteiger partial charge < -0.3 is 16.0 Å². The van der Waals surface area contributed by atoms with Gasteiger partial charge in [-0.3, -0.25) is 4.79 Å². The maximum Gasteiger partial charge on any atom is 0.246 e. The van der Waals surface area contributed by atoms with Crippen molar-refractivity contribution in [3.63, 3.8) is 0 Å². The standard InChI is InChI=1S/C16H22N4O.HI/c1-4-10-18-16(17-6-3)19-12-15(21)20-14-9-7-8-13(5-2)11-14;/h2,7-9,11H,4,6,10,12H2,1,3H3,(H,20,21)(H2,17,18,19);1H. The van der Waals surface area contributed by atoms with Gasteiger partial charge in [-0.15, -0.1) is 30.4 Å². The number of aliphatic imine (C=N–C) groups is 1. The van der Waals surface area contributed by atoms with Crippen molar-refractivity contribution < 1.29 is 4.79 Å². The van der Waals surface area contributed by atoms with Crippen molar-refractivity contribution in [1.29, 1.82) is 0 Å².